The van der Waals surface area contributed by atoms with Crippen LogP contribution in [0.25, 0.3) is 0 Å². The number of ether oxygens (including phenoxy) is 1. The molecule has 0 bridgehead atoms. The van der Waals surface area contributed by atoms with Crippen molar-refractivity contribution in [2.45, 2.75) is 18.4 Å². The summed E-state index contributed by atoms with van der Waals surface area (Å²) in [6, 6.07) is 2.27. The van der Waals surface area contributed by atoms with Crippen LogP contribution in [0.15, 0.2) is 29.4 Å². The third kappa shape index (κ3) is 3.89. The molecule has 130 valence electrons. The molecule has 0 saturated heterocycles. The number of methoxy groups -OCH3 is 1. The van der Waals surface area contributed by atoms with E-state index in [0.29, 0.717) is 18.7 Å². The van der Waals surface area contributed by atoms with Crippen LogP contribution in [0.5, 0.6) is 0 Å². The average molecular weight is 357 g/mol. The number of nitrogens with zero attached hydrogens (tertiary/aromatic N) is 2. The lowest BCUT2D eigenvalue weighted by molar-refractivity contribution is 0.0693. The van der Waals surface area contributed by atoms with Crippen molar-refractivity contribution in [2.75, 3.05) is 18.4 Å². The number of sulfonamides is 1. The Morgan fingerprint density at radius 1 is 1.46 bits per heavy atom. The molecule has 0 spiro atoms. The molecule has 8 nitrogen and oxygen atoms in total. The first-order valence-electron chi connectivity index (χ1n) is 6.82. The van der Waals surface area contributed by atoms with E-state index in [4.69, 9.17) is 9.84 Å². The van der Waals surface area contributed by atoms with Gasteiger partial charge >= 0.3 is 5.97 Å². The number of nitrogens with one attached hydrogen (secondary N) is 1. The number of aromatic nitrogens is 2. The largest absolute Gasteiger partial charge is 0.478 e. The van der Waals surface area contributed by atoms with Gasteiger partial charge in [0.25, 0.3) is 10.0 Å². The Morgan fingerprint density at radius 3 is 2.79 bits per heavy atom. The van der Waals surface area contributed by atoms with Crippen molar-refractivity contribution in [3.63, 3.8) is 0 Å². The fraction of sp³-hybridized carbons (Fsp3) is 0.286. The predicted octanol–water partition coefficient (Wildman–Crippen LogP) is 1.48. The lowest BCUT2D eigenvalue weighted by Gasteiger charge is -2.11. The van der Waals surface area contributed by atoms with Crippen LogP contribution < -0.4 is 4.72 Å². The topological polar surface area (TPSA) is 111 Å². The van der Waals surface area contributed by atoms with Gasteiger partial charge in [0.1, 0.15) is 16.3 Å². The molecule has 2 N–H and O–H groups in total. The highest BCUT2D eigenvalue weighted by atomic mass is 32.2. The smallest absolute Gasteiger partial charge is 0.340 e. The molecule has 24 heavy (non-hydrogen) atoms. The highest BCUT2D eigenvalue weighted by Crippen LogP contribution is 2.24. The number of hydrogen-bond acceptors (Lipinski definition) is 5. The molecule has 0 aliphatic rings. The molecule has 0 fully saturated rings. The first-order chi connectivity index (χ1) is 11.2. The Morgan fingerprint density at radius 2 is 2.17 bits per heavy atom. The third-order valence-corrected chi connectivity index (χ3v) is 4.46. The van der Waals surface area contributed by atoms with Crippen LogP contribution in [-0.4, -0.2) is 43.0 Å². The SMILES string of the molecule is COCCn1cc(S(=O)(=O)Nc2cc(C)cc(F)c2C(=O)O)cn1. The summed E-state index contributed by atoms with van der Waals surface area (Å²) in [6.45, 7) is 2.22. The van der Waals surface area contributed by atoms with Crippen LogP contribution in [-0.2, 0) is 21.3 Å². The number of aryl methyl sites for hydroxylation is 1. The minimum atomic E-state index is -4.11. The molecule has 2 rings (SSSR count). The van der Waals surface area contributed by atoms with E-state index in [9.17, 15) is 17.6 Å². The van der Waals surface area contributed by atoms with Gasteiger partial charge in [0, 0.05) is 13.3 Å². The standard InChI is InChI=1S/C14H16FN3O5S/c1-9-5-11(15)13(14(19)20)12(6-9)17-24(21,22)10-7-16-18(8-10)3-4-23-2/h5-8,17H,3-4H2,1-2H3,(H,19,20). The molecule has 2 aromatic rings. The molecule has 0 unspecified atom stereocenters. The van der Waals surface area contributed by atoms with E-state index < -0.39 is 27.4 Å². The van der Waals surface area contributed by atoms with Gasteiger partial charge in [-0.15, -0.1) is 0 Å². The molecule has 1 aromatic heterocycles. The summed E-state index contributed by atoms with van der Waals surface area (Å²) in [6.07, 6.45) is 2.39. The zero-order valence-electron chi connectivity index (χ0n) is 13.0. The molecule has 0 saturated carbocycles. The summed E-state index contributed by atoms with van der Waals surface area (Å²) in [7, 11) is -2.61. The van der Waals surface area contributed by atoms with E-state index in [-0.39, 0.29) is 10.6 Å². The van der Waals surface area contributed by atoms with Crippen molar-refractivity contribution in [3.8, 4) is 0 Å². The van der Waals surface area contributed by atoms with Gasteiger partial charge in [-0.2, -0.15) is 5.10 Å². The van der Waals surface area contributed by atoms with Crippen LogP contribution in [0.3, 0.4) is 0 Å². The molecular formula is C14H16FN3O5S. The minimum Gasteiger partial charge on any atom is -0.478 e. The van der Waals surface area contributed by atoms with Crippen molar-refractivity contribution in [3.05, 3.63) is 41.5 Å². The van der Waals surface area contributed by atoms with Crippen molar-refractivity contribution in [2.24, 2.45) is 0 Å². The molecule has 1 aromatic carbocycles. The van der Waals surface area contributed by atoms with Crippen molar-refractivity contribution < 1.29 is 27.4 Å². The van der Waals surface area contributed by atoms with Gasteiger partial charge in [-0.25, -0.2) is 17.6 Å². The van der Waals surface area contributed by atoms with E-state index in [1.165, 1.54) is 31.0 Å². The van der Waals surface area contributed by atoms with Gasteiger partial charge in [-0.05, 0) is 24.6 Å². The molecule has 0 radical (unpaired) electrons. The van der Waals surface area contributed by atoms with E-state index in [0.717, 1.165) is 12.3 Å². The minimum absolute atomic E-state index is 0.170. The number of carboxylic acid groups (broad SMARTS) is 1. The number of carbonyl (C=O) groups is 1. The second-order valence-electron chi connectivity index (χ2n) is 5.01. The first kappa shape index (κ1) is 17.9. The number of rotatable bonds is 7. The second-order valence-corrected chi connectivity index (χ2v) is 6.69. The predicted molar refractivity (Wildman–Crippen MR) is 83.0 cm³/mol. The van der Waals surface area contributed by atoms with Crippen LogP contribution in [0.2, 0.25) is 0 Å². The second kappa shape index (κ2) is 6.97. The van der Waals surface area contributed by atoms with Gasteiger partial charge in [0.15, 0.2) is 0 Å². The number of aromatic carboxylic acids is 1. The van der Waals surface area contributed by atoms with Crippen LogP contribution in [0, 0.1) is 12.7 Å². The lowest BCUT2D eigenvalue weighted by Crippen LogP contribution is -2.16. The normalized spacial score (nSPS) is 11.5. The summed E-state index contributed by atoms with van der Waals surface area (Å²) in [4.78, 5) is 11.0. The quantitative estimate of drug-likeness (QED) is 0.776. The van der Waals surface area contributed by atoms with Crippen molar-refractivity contribution in [1.82, 2.24) is 9.78 Å². The van der Waals surface area contributed by atoms with Gasteiger partial charge < -0.3 is 9.84 Å². The number of carboxylic acids is 1. The highest BCUT2D eigenvalue weighted by Gasteiger charge is 2.23. The van der Waals surface area contributed by atoms with E-state index in [1.807, 2.05) is 0 Å². The maximum atomic E-state index is 13.8. The van der Waals surface area contributed by atoms with Crippen LogP contribution >= 0.6 is 0 Å². The summed E-state index contributed by atoms with van der Waals surface area (Å²) in [5.41, 5.74) is -0.702. The number of benzene rings is 1. The zero-order chi connectivity index (χ0) is 17.9. The summed E-state index contributed by atoms with van der Waals surface area (Å²) >= 11 is 0. The van der Waals surface area contributed by atoms with E-state index >= 15 is 0 Å². The van der Waals surface area contributed by atoms with Gasteiger partial charge in [-0.3, -0.25) is 9.40 Å². The molecule has 10 heteroatoms. The lowest BCUT2D eigenvalue weighted by atomic mass is 10.1. The Bertz CT molecular complexity index is 863. The molecule has 0 aliphatic heterocycles. The third-order valence-electron chi connectivity index (χ3n) is 3.14. The van der Waals surface area contributed by atoms with Crippen LogP contribution in [0.1, 0.15) is 15.9 Å². The molecule has 1 heterocycles. The Labute approximate surface area is 137 Å². The van der Waals surface area contributed by atoms with Gasteiger partial charge in [0.2, 0.25) is 0 Å². The number of halogens is 1. The maximum Gasteiger partial charge on any atom is 0.340 e. The van der Waals surface area contributed by atoms with Gasteiger partial charge in [0.05, 0.1) is 25.0 Å². The van der Waals surface area contributed by atoms with Crippen molar-refractivity contribution in [1.29, 1.82) is 0 Å². The Balaban J connectivity index is 2.36. The van der Waals surface area contributed by atoms with E-state index in [2.05, 4.69) is 9.82 Å². The fourth-order valence-corrected chi connectivity index (χ4v) is 3.05. The average Bonchev–Trinajstić information content (AvgIpc) is 2.93. The summed E-state index contributed by atoms with van der Waals surface area (Å²) < 4.78 is 46.9. The Hall–Kier alpha value is -2.46. The number of anilines is 1. The van der Waals surface area contributed by atoms with Crippen molar-refractivity contribution >= 4 is 21.7 Å². The summed E-state index contributed by atoms with van der Waals surface area (Å²) in [5.74, 6) is -2.59. The zero-order valence-corrected chi connectivity index (χ0v) is 13.8. The fourth-order valence-electron chi connectivity index (χ4n) is 2.03. The number of hydrogen-bond donors (Lipinski definition) is 2. The monoisotopic (exact) mass is 357 g/mol. The molecular weight excluding hydrogens is 341 g/mol. The summed E-state index contributed by atoms with van der Waals surface area (Å²) in [5, 5.41) is 13.0. The highest BCUT2D eigenvalue weighted by molar-refractivity contribution is 7.92. The molecule has 0 aliphatic carbocycles. The van der Waals surface area contributed by atoms with E-state index in [1.54, 1.807) is 0 Å². The Kier molecular flexibility index (Phi) is 5.20. The van der Waals surface area contributed by atoms with Crippen LogP contribution in [0.4, 0.5) is 10.1 Å². The maximum absolute atomic E-state index is 13.8. The molecule has 0 atom stereocenters. The molecule has 0 amide bonds. The first-order valence-corrected chi connectivity index (χ1v) is 8.30. The van der Waals surface area contributed by atoms with Gasteiger partial charge in [-0.1, -0.05) is 0 Å².